The third kappa shape index (κ3) is 17.1. The van der Waals surface area contributed by atoms with Crippen molar-refractivity contribution in [3.8, 4) is 23.0 Å². The predicted octanol–water partition coefficient (Wildman–Crippen LogP) is 11.2. The number of carbonyl (C=O) groups is 1. The molecule has 0 unspecified atom stereocenters. The summed E-state index contributed by atoms with van der Waals surface area (Å²) in [4.78, 5) is 28.4. The van der Waals surface area contributed by atoms with Gasteiger partial charge in [0.15, 0.2) is 0 Å². The molecule has 93 heavy (non-hydrogen) atoms. The summed E-state index contributed by atoms with van der Waals surface area (Å²) in [6.07, 6.45) is 0.364. The lowest BCUT2D eigenvalue weighted by atomic mass is 9.80. The van der Waals surface area contributed by atoms with E-state index in [1.165, 1.54) is 14.9 Å². The van der Waals surface area contributed by atoms with E-state index in [0.717, 1.165) is 44.9 Å². The van der Waals surface area contributed by atoms with Gasteiger partial charge in [0.2, 0.25) is 5.91 Å². The standard InChI is InChI=1S/C42H48O6Si.C34H39N3O7/c1-41(2,3)49(39-17-11-7-12-18-39,40-19-13-8-14-20-40)48-32-38(46-30-29-43)31-47-42(33-15-9-6-10-16-33,34-21-25-36(44-4)26-22-34)35-23-27-37(45-5)28-24-35;1-24(2)32(39)35-31-18-19-37(33(40)36-31)20-21-43-30(22-38)23-44-34(25-8-6-5-7-9-25,26-10-14-28(41-3)15-11-26)27-12-16-29(42-4)17-13-27/h6-28,38,43H,29-32H2,1-5H3;5-19,24,30,38H,20-23H2,1-4H3,(H,35,36,39,40)/t38-;30-/m10/s1. The molecule has 0 aliphatic rings. The summed E-state index contributed by atoms with van der Waals surface area (Å²) in [6.45, 7) is 10.8. The van der Waals surface area contributed by atoms with Crippen LogP contribution < -0.4 is 40.3 Å². The van der Waals surface area contributed by atoms with E-state index in [9.17, 15) is 19.8 Å². The van der Waals surface area contributed by atoms with E-state index in [1.54, 1.807) is 54.5 Å². The Morgan fingerprint density at radius 1 is 0.495 bits per heavy atom. The van der Waals surface area contributed by atoms with Gasteiger partial charge in [-0.15, -0.1) is 0 Å². The van der Waals surface area contributed by atoms with Gasteiger partial charge in [0.05, 0.1) is 81.2 Å². The zero-order valence-electron chi connectivity index (χ0n) is 54.6. The third-order valence-corrected chi connectivity index (χ3v) is 21.2. The van der Waals surface area contributed by atoms with Gasteiger partial charge in [0, 0.05) is 12.1 Å². The van der Waals surface area contributed by atoms with Crippen molar-refractivity contribution in [3.05, 3.63) is 275 Å². The van der Waals surface area contributed by atoms with Gasteiger partial charge in [0.25, 0.3) is 8.32 Å². The molecule has 16 nitrogen and oxygen atoms in total. The normalized spacial score (nSPS) is 12.5. The first kappa shape index (κ1) is 70.1. The lowest BCUT2D eigenvalue weighted by Crippen LogP contribution is -2.67. The Morgan fingerprint density at radius 3 is 1.20 bits per heavy atom. The number of nitrogens with one attached hydrogen (secondary N) is 1. The van der Waals surface area contributed by atoms with Crippen LogP contribution in [0.5, 0.6) is 23.0 Å². The molecular formula is C76H87N3O13Si. The number of carbonyl (C=O) groups excluding carboxylic acids is 1. The number of aliphatic hydroxyl groups is 2. The molecule has 1 amide bonds. The van der Waals surface area contributed by atoms with E-state index in [2.05, 4.69) is 91.7 Å². The van der Waals surface area contributed by atoms with E-state index in [0.29, 0.717) is 11.5 Å². The number of aromatic nitrogens is 2. The lowest BCUT2D eigenvalue weighted by Gasteiger charge is -2.44. The molecule has 9 rings (SSSR count). The highest BCUT2D eigenvalue weighted by molar-refractivity contribution is 6.99. The molecule has 0 aliphatic carbocycles. The molecule has 1 heterocycles. The van der Waals surface area contributed by atoms with Crippen LogP contribution in [-0.4, -0.2) is 121 Å². The van der Waals surface area contributed by atoms with Crippen molar-refractivity contribution >= 4 is 30.4 Å². The van der Waals surface area contributed by atoms with Crippen LogP contribution in [0.25, 0.3) is 0 Å². The monoisotopic (exact) mass is 1280 g/mol. The minimum absolute atomic E-state index is 0.0385. The van der Waals surface area contributed by atoms with Crippen LogP contribution in [0.1, 0.15) is 68.0 Å². The summed E-state index contributed by atoms with van der Waals surface area (Å²) >= 11 is 0. The van der Waals surface area contributed by atoms with Crippen molar-refractivity contribution in [1.29, 1.82) is 0 Å². The molecule has 0 saturated carbocycles. The number of amides is 1. The van der Waals surface area contributed by atoms with Gasteiger partial charge >= 0.3 is 5.69 Å². The van der Waals surface area contributed by atoms with Crippen LogP contribution in [0.15, 0.2) is 235 Å². The molecule has 1 aromatic heterocycles. The molecule has 488 valence electrons. The number of methoxy groups -OCH3 is 4. The van der Waals surface area contributed by atoms with E-state index in [4.69, 9.17) is 42.3 Å². The maximum absolute atomic E-state index is 12.5. The summed E-state index contributed by atoms with van der Waals surface area (Å²) in [6, 6.07) is 74.0. The number of nitrogens with zero attached hydrogens (tertiary/aromatic N) is 2. The van der Waals surface area contributed by atoms with Crippen molar-refractivity contribution in [2.45, 2.75) is 69.6 Å². The first-order valence-electron chi connectivity index (χ1n) is 31.1. The van der Waals surface area contributed by atoms with Crippen LogP contribution in [-0.2, 0) is 45.9 Å². The number of benzene rings is 8. The Kier molecular flexibility index (Phi) is 25.4. The Morgan fingerprint density at radius 2 is 0.860 bits per heavy atom. The number of ether oxygens (including phenoxy) is 8. The van der Waals surface area contributed by atoms with E-state index in [1.807, 2.05) is 158 Å². The summed E-state index contributed by atoms with van der Waals surface area (Å²) in [5.74, 6) is 2.66. The second-order valence-electron chi connectivity index (χ2n) is 23.4. The Labute approximate surface area is 547 Å². The molecule has 0 bridgehead atoms. The number of hydrogen-bond donors (Lipinski definition) is 3. The van der Waals surface area contributed by atoms with E-state index >= 15 is 0 Å². The number of anilines is 1. The topological polar surface area (TPSA) is 188 Å². The van der Waals surface area contributed by atoms with Gasteiger partial charge in [0.1, 0.15) is 52.2 Å². The predicted molar refractivity (Wildman–Crippen MR) is 366 cm³/mol. The molecule has 0 aliphatic heterocycles. The maximum atomic E-state index is 12.5. The highest BCUT2D eigenvalue weighted by Gasteiger charge is 2.51. The van der Waals surface area contributed by atoms with Gasteiger partial charge in [-0.3, -0.25) is 9.36 Å². The first-order valence-corrected chi connectivity index (χ1v) is 33.0. The quantitative estimate of drug-likeness (QED) is 0.0275. The fourth-order valence-corrected chi connectivity index (χ4v) is 15.9. The fraction of sp³-hybridized carbons (Fsp3) is 0.303. The van der Waals surface area contributed by atoms with E-state index in [-0.39, 0.29) is 75.5 Å². The molecule has 8 aromatic carbocycles. The van der Waals surface area contributed by atoms with Crippen LogP contribution in [0.4, 0.5) is 5.82 Å². The number of rotatable bonds is 31. The van der Waals surface area contributed by atoms with E-state index < -0.39 is 37.4 Å². The van der Waals surface area contributed by atoms with Gasteiger partial charge in [-0.2, -0.15) is 4.98 Å². The molecule has 0 fully saturated rings. The summed E-state index contributed by atoms with van der Waals surface area (Å²) < 4.78 is 56.8. The van der Waals surface area contributed by atoms with Crippen LogP contribution >= 0.6 is 0 Å². The fourth-order valence-electron chi connectivity index (χ4n) is 11.3. The Balaban J connectivity index is 0.000000240. The average Bonchev–Trinajstić information content (AvgIpc) is 0.807. The summed E-state index contributed by atoms with van der Waals surface area (Å²) in [5.41, 5.74) is 2.81. The molecule has 3 N–H and O–H groups in total. The smallest absolute Gasteiger partial charge is 0.349 e. The van der Waals surface area contributed by atoms with Crippen molar-refractivity contribution in [2.75, 3.05) is 80.0 Å². The van der Waals surface area contributed by atoms with Crippen molar-refractivity contribution < 1.29 is 57.3 Å². The second-order valence-corrected chi connectivity index (χ2v) is 27.7. The molecule has 17 heteroatoms. The van der Waals surface area contributed by atoms with Gasteiger partial charge in [-0.05, 0) is 103 Å². The van der Waals surface area contributed by atoms with Gasteiger partial charge in [-0.1, -0.05) is 204 Å². The van der Waals surface area contributed by atoms with Gasteiger partial charge in [-0.25, -0.2) is 4.79 Å². The SMILES string of the molecule is COc1ccc(C(OC[C@H](CO)OCCn2ccc(NC(=O)C(C)C)nc2=O)(c2ccccc2)c2ccc(OC)cc2)cc1.COc1ccc(C(OC[C@H](CO[Si](c2ccccc2)(c2ccccc2)C(C)(C)C)OCCO)(c2ccccc2)c2ccc(OC)cc2)cc1. The third-order valence-electron chi connectivity index (χ3n) is 16.2. The van der Waals surface area contributed by atoms with Crippen molar-refractivity contribution in [3.63, 3.8) is 0 Å². The zero-order chi connectivity index (χ0) is 66.3. The van der Waals surface area contributed by atoms with Crippen molar-refractivity contribution in [2.24, 2.45) is 5.92 Å². The minimum atomic E-state index is -2.86. The minimum Gasteiger partial charge on any atom is -0.497 e. The highest BCUT2D eigenvalue weighted by atomic mass is 28.4. The second kappa shape index (κ2) is 33.7. The Bertz CT molecular complexity index is 3590. The molecule has 0 radical (unpaired) electrons. The first-order chi connectivity index (χ1) is 45.1. The molecular weight excluding hydrogens is 1190 g/mol. The summed E-state index contributed by atoms with van der Waals surface area (Å²) in [7, 11) is 3.69. The molecule has 0 saturated heterocycles. The van der Waals surface area contributed by atoms with Crippen LogP contribution in [0.2, 0.25) is 5.04 Å². The number of aliphatic hydroxyl groups excluding tert-OH is 2. The molecule has 0 spiro atoms. The highest BCUT2D eigenvalue weighted by Crippen LogP contribution is 2.44. The van der Waals surface area contributed by atoms with Crippen LogP contribution in [0.3, 0.4) is 0 Å². The van der Waals surface area contributed by atoms with Crippen molar-refractivity contribution in [1.82, 2.24) is 9.55 Å². The van der Waals surface area contributed by atoms with Crippen LogP contribution in [0, 0.1) is 5.92 Å². The van der Waals surface area contributed by atoms with Gasteiger partial charge < -0.3 is 57.9 Å². The number of hydrogen-bond acceptors (Lipinski definition) is 14. The lowest BCUT2D eigenvalue weighted by molar-refractivity contribution is -0.118. The largest absolute Gasteiger partial charge is 0.497 e. The molecule has 2 atom stereocenters. The average molecular weight is 1280 g/mol. The maximum Gasteiger partial charge on any atom is 0.349 e. The summed E-state index contributed by atoms with van der Waals surface area (Å²) in [5, 5.41) is 24.9. The zero-order valence-corrected chi connectivity index (χ0v) is 55.6. The molecule has 9 aromatic rings. The Hall–Kier alpha value is -8.75.